The van der Waals surface area contributed by atoms with Gasteiger partial charge in [-0.05, 0) is 34.9 Å². The third-order valence-corrected chi connectivity index (χ3v) is 3.26. The minimum absolute atomic E-state index is 0.0182. The molecule has 0 unspecified atom stereocenters. The first-order valence-corrected chi connectivity index (χ1v) is 7.25. The summed E-state index contributed by atoms with van der Waals surface area (Å²) in [4.78, 5) is 11.7. The minimum Gasteiger partial charge on any atom is -0.497 e. The summed E-state index contributed by atoms with van der Waals surface area (Å²) in [5.74, 6) is 0.792. The van der Waals surface area contributed by atoms with Crippen LogP contribution in [0.5, 0.6) is 5.75 Å². The standard InChI is InChI=1S/C18H20N2O3/c1-23-17-8-6-14(7-9-17)10-11-19-18(22)20-12-15-2-4-16(13-21)5-3-15/h2-11,21H,12-13H2,1H3,(H2,19,20,22)/b11-10+. The SMILES string of the molecule is COc1ccc(/C=C/NC(=O)NCc2ccc(CO)cc2)cc1. The highest BCUT2D eigenvalue weighted by atomic mass is 16.5. The van der Waals surface area contributed by atoms with E-state index in [-0.39, 0.29) is 12.6 Å². The summed E-state index contributed by atoms with van der Waals surface area (Å²) in [6.45, 7) is 0.443. The molecule has 2 rings (SSSR count). The fraction of sp³-hybridized carbons (Fsp3) is 0.167. The lowest BCUT2D eigenvalue weighted by molar-refractivity contribution is 0.244. The van der Waals surface area contributed by atoms with Gasteiger partial charge >= 0.3 is 6.03 Å². The lowest BCUT2D eigenvalue weighted by Crippen LogP contribution is -2.31. The van der Waals surface area contributed by atoms with Crippen molar-refractivity contribution >= 4 is 12.1 Å². The number of urea groups is 1. The van der Waals surface area contributed by atoms with Crippen molar-refractivity contribution in [3.63, 3.8) is 0 Å². The van der Waals surface area contributed by atoms with Crippen LogP contribution >= 0.6 is 0 Å². The highest BCUT2D eigenvalue weighted by molar-refractivity contribution is 5.75. The number of ether oxygens (including phenoxy) is 1. The molecule has 0 aromatic heterocycles. The fourth-order valence-electron chi connectivity index (χ4n) is 1.92. The first-order chi connectivity index (χ1) is 11.2. The lowest BCUT2D eigenvalue weighted by Gasteiger charge is -2.05. The summed E-state index contributed by atoms with van der Waals surface area (Å²) in [5, 5.41) is 14.4. The van der Waals surface area contributed by atoms with E-state index >= 15 is 0 Å². The molecule has 23 heavy (non-hydrogen) atoms. The molecule has 3 N–H and O–H groups in total. The van der Waals surface area contributed by atoms with E-state index in [2.05, 4.69) is 10.6 Å². The van der Waals surface area contributed by atoms with Gasteiger partial charge < -0.3 is 20.5 Å². The van der Waals surface area contributed by atoms with E-state index in [1.807, 2.05) is 48.5 Å². The maximum atomic E-state index is 11.7. The number of benzene rings is 2. The molecule has 0 aliphatic carbocycles. The first-order valence-electron chi connectivity index (χ1n) is 7.25. The van der Waals surface area contributed by atoms with Gasteiger partial charge in [-0.1, -0.05) is 36.4 Å². The topological polar surface area (TPSA) is 70.6 Å². The molecule has 0 heterocycles. The van der Waals surface area contributed by atoms with Crippen molar-refractivity contribution in [2.45, 2.75) is 13.2 Å². The van der Waals surface area contributed by atoms with E-state index in [9.17, 15) is 4.79 Å². The van der Waals surface area contributed by atoms with E-state index < -0.39 is 0 Å². The molecular formula is C18H20N2O3. The van der Waals surface area contributed by atoms with Crippen LogP contribution in [0.2, 0.25) is 0 Å². The van der Waals surface area contributed by atoms with Crippen molar-refractivity contribution in [1.82, 2.24) is 10.6 Å². The van der Waals surface area contributed by atoms with Crippen LogP contribution in [0.15, 0.2) is 54.7 Å². The Kier molecular flexibility index (Phi) is 6.20. The van der Waals surface area contributed by atoms with Crippen molar-refractivity contribution in [3.05, 3.63) is 71.4 Å². The van der Waals surface area contributed by atoms with Crippen molar-refractivity contribution in [3.8, 4) is 5.75 Å². The van der Waals surface area contributed by atoms with E-state index in [4.69, 9.17) is 9.84 Å². The van der Waals surface area contributed by atoms with Crippen LogP contribution in [0.25, 0.3) is 6.08 Å². The Labute approximate surface area is 135 Å². The van der Waals surface area contributed by atoms with Crippen molar-refractivity contribution in [1.29, 1.82) is 0 Å². The predicted octanol–water partition coefficient (Wildman–Crippen LogP) is 2.66. The summed E-state index contributed by atoms with van der Waals surface area (Å²) in [6.07, 6.45) is 3.39. The molecule has 0 saturated carbocycles. The normalized spacial score (nSPS) is 10.5. The second-order valence-electron chi connectivity index (χ2n) is 4.91. The Hall–Kier alpha value is -2.79. The van der Waals surface area contributed by atoms with E-state index in [1.54, 1.807) is 19.4 Å². The second-order valence-corrected chi connectivity index (χ2v) is 4.91. The summed E-state index contributed by atoms with van der Waals surface area (Å²) < 4.78 is 5.08. The number of hydrogen-bond acceptors (Lipinski definition) is 3. The van der Waals surface area contributed by atoms with Gasteiger partial charge in [0.05, 0.1) is 13.7 Å². The molecule has 0 radical (unpaired) electrons. The number of aliphatic hydroxyl groups is 1. The number of rotatable bonds is 6. The molecule has 0 spiro atoms. The Balaban J connectivity index is 1.76. The Bertz CT molecular complexity index is 649. The molecule has 2 aromatic carbocycles. The highest BCUT2D eigenvalue weighted by Gasteiger charge is 1.98. The molecule has 0 saturated heterocycles. The summed E-state index contributed by atoms with van der Waals surface area (Å²) in [6, 6.07) is 14.6. The van der Waals surface area contributed by atoms with Crippen LogP contribution in [-0.4, -0.2) is 18.2 Å². The Morgan fingerprint density at radius 3 is 2.35 bits per heavy atom. The maximum Gasteiger partial charge on any atom is 0.319 e. The van der Waals surface area contributed by atoms with Gasteiger partial charge in [0.25, 0.3) is 0 Å². The summed E-state index contributed by atoms with van der Waals surface area (Å²) in [7, 11) is 1.62. The third kappa shape index (κ3) is 5.48. The third-order valence-electron chi connectivity index (χ3n) is 3.26. The smallest absolute Gasteiger partial charge is 0.319 e. The van der Waals surface area contributed by atoms with Gasteiger partial charge in [-0.2, -0.15) is 0 Å². The molecule has 120 valence electrons. The van der Waals surface area contributed by atoms with Crippen LogP contribution in [0, 0.1) is 0 Å². The predicted molar refractivity (Wildman–Crippen MR) is 89.8 cm³/mol. The fourth-order valence-corrected chi connectivity index (χ4v) is 1.92. The molecular weight excluding hydrogens is 292 g/mol. The Morgan fingerprint density at radius 1 is 1.09 bits per heavy atom. The largest absolute Gasteiger partial charge is 0.497 e. The van der Waals surface area contributed by atoms with Gasteiger partial charge in [0.15, 0.2) is 0 Å². The van der Waals surface area contributed by atoms with Gasteiger partial charge in [-0.3, -0.25) is 0 Å². The van der Waals surface area contributed by atoms with Crippen LogP contribution in [0.1, 0.15) is 16.7 Å². The van der Waals surface area contributed by atoms with Gasteiger partial charge in [0.2, 0.25) is 0 Å². The van der Waals surface area contributed by atoms with Gasteiger partial charge in [0, 0.05) is 12.7 Å². The number of aliphatic hydroxyl groups excluding tert-OH is 1. The molecule has 2 aromatic rings. The number of carbonyl (C=O) groups is 1. The molecule has 0 bridgehead atoms. The molecule has 0 aliphatic rings. The number of nitrogens with one attached hydrogen (secondary N) is 2. The quantitative estimate of drug-likeness (QED) is 0.768. The van der Waals surface area contributed by atoms with Crippen LogP contribution in [0.4, 0.5) is 4.79 Å². The highest BCUT2D eigenvalue weighted by Crippen LogP contribution is 2.11. The molecule has 0 aliphatic heterocycles. The molecule has 5 nitrogen and oxygen atoms in total. The van der Waals surface area contributed by atoms with Gasteiger partial charge in [-0.25, -0.2) is 4.79 Å². The van der Waals surface area contributed by atoms with Gasteiger partial charge in [0.1, 0.15) is 5.75 Å². The van der Waals surface area contributed by atoms with Crippen LogP contribution in [0.3, 0.4) is 0 Å². The average molecular weight is 312 g/mol. The second kappa shape index (κ2) is 8.60. The molecule has 0 atom stereocenters. The molecule has 0 fully saturated rings. The maximum absolute atomic E-state index is 11.7. The van der Waals surface area contributed by atoms with Crippen LogP contribution < -0.4 is 15.4 Å². The minimum atomic E-state index is -0.277. The zero-order valence-corrected chi connectivity index (χ0v) is 13.0. The van der Waals surface area contributed by atoms with E-state index in [0.29, 0.717) is 6.54 Å². The van der Waals surface area contributed by atoms with E-state index in [1.165, 1.54) is 0 Å². The Morgan fingerprint density at radius 2 is 1.74 bits per heavy atom. The van der Waals surface area contributed by atoms with Crippen LogP contribution in [-0.2, 0) is 13.2 Å². The monoisotopic (exact) mass is 312 g/mol. The number of hydrogen-bond donors (Lipinski definition) is 3. The number of amides is 2. The zero-order valence-electron chi connectivity index (χ0n) is 13.0. The number of carbonyl (C=O) groups excluding carboxylic acids is 1. The van der Waals surface area contributed by atoms with Crippen molar-refractivity contribution in [2.24, 2.45) is 0 Å². The van der Waals surface area contributed by atoms with Crippen molar-refractivity contribution < 1.29 is 14.6 Å². The summed E-state index contributed by atoms with van der Waals surface area (Å²) >= 11 is 0. The molecule has 5 heteroatoms. The number of methoxy groups -OCH3 is 1. The zero-order chi connectivity index (χ0) is 16.5. The molecule has 2 amide bonds. The average Bonchev–Trinajstić information content (AvgIpc) is 2.61. The van der Waals surface area contributed by atoms with E-state index in [0.717, 1.165) is 22.4 Å². The van der Waals surface area contributed by atoms with Gasteiger partial charge in [-0.15, -0.1) is 0 Å². The first kappa shape index (κ1) is 16.6. The summed E-state index contributed by atoms with van der Waals surface area (Å²) in [5.41, 5.74) is 2.78. The van der Waals surface area contributed by atoms with Crippen molar-refractivity contribution in [2.75, 3.05) is 7.11 Å². The lowest BCUT2D eigenvalue weighted by atomic mass is 10.1.